The fourth-order valence-electron chi connectivity index (χ4n) is 2.48. The molecule has 0 spiro atoms. The van der Waals surface area contributed by atoms with E-state index in [1.165, 1.54) is 0 Å². The van der Waals surface area contributed by atoms with E-state index < -0.39 is 46.6 Å². The minimum Gasteiger partial charge on any atom is -0.377 e. The molecule has 1 unspecified atom stereocenters. The molecule has 4 atom stereocenters. The van der Waals surface area contributed by atoms with E-state index in [0.717, 1.165) is 34.3 Å². The molecule has 0 bridgehead atoms. The van der Waals surface area contributed by atoms with Crippen LogP contribution < -0.4 is 5.32 Å². The highest BCUT2D eigenvalue weighted by molar-refractivity contribution is 6.03. The average molecular weight is 300 g/mol. The largest absolute Gasteiger partial charge is 0.377 e. The van der Waals surface area contributed by atoms with Crippen LogP contribution in [0.5, 0.6) is 0 Å². The molecule has 1 radical (unpaired) electrons. The maximum absolute atomic E-state index is 11.9. The van der Waals surface area contributed by atoms with Gasteiger partial charge in [0.05, 0.1) is 6.04 Å². The smallest absolute Gasteiger partial charge is 0.217 e. The van der Waals surface area contributed by atoms with Crippen molar-refractivity contribution in [2.24, 2.45) is 0 Å². The molecular formula is C13H18NO7. The number of amides is 1. The van der Waals surface area contributed by atoms with Crippen LogP contribution in [0.3, 0.4) is 0 Å². The summed E-state index contributed by atoms with van der Waals surface area (Å²) in [5.74, 6) is -3.37. The zero-order valence-corrected chi connectivity index (χ0v) is 12.2. The average Bonchev–Trinajstić information content (AvgIpc) is 2.33. The van der Waals surface area contributed by atoms with Crippen LogP contribution >= 0.6 is 0 Å². The SMILES string of the molecule is CC(=O)N[C@@H]1[CH]OC(C(C)=O)[C@](O)(C(C)=O)[C@@]1(O)C(C)=O. The van der Waals surface area contributed by atoms with E-state index in [0.29, 0.717) is 0 Å². The number of hydrogen-bond acceptors (Lipinski definition) is 7. The van der Waals surface area contributed by atoms with Gasteiger partial charge in [0.1, 0.15) is 6.61 Å². The molecule has 0 saturated carbocycles. The van der Waals surface area contributed by atoms with Gasteiger partial charge < -0.3 is 20.3 Å². The Labute approximate surface area is 121 Å². The Bertz CT molecular complexity index is 503. The number of nitrogens with one attached hydrogen (secondary N) is 1. The second-order valence-electron chi connectivity index (χ2n) is 5.09. The number of rotatable bonds is 4. The number of aliphatic hydroxyl groups is 2. The van der Waals surface area contributed by atoms with Crippen LogP contribution in [0.1, 0.15) is 27.7 Å². The summed E-state index contributed by atoms with van der Waals surface area (Å²) in [4.78, 5) is 46.5. The van der Waals surface area contributed by atoms with Crippen LogP contribution in [0.15, 0.2) is 0 Å². The Hall–Kier alpha value is -1.64. The van der Waals surface area contributed by atoms with E-state index in [4.69, 9.17) is 4.74 Å². The highest BCUT2D eigenvalue weighted by atomic mass is 16.5. The van der Waals surface area contributed by atoms with Crippen LogP contribution in [-0.2, 0) is 23.9 Å². The zero-order valence-electron chi connectivity index (χ0n) is 12.2. The molecule has 117 valence electrons. The van der Waals surface area contributed by atoms with Crippen LogP contribution in [0, 0.1) is 6.61 Å². The van der Waals surface area contributed by atoms with Crippen LogP contribution in [-0.4, -0.2) is 56.8 Å². The number of ketones is 3. The molecule has 1 amide bonds. The molecule has 3 N–H and O–H groups in total. The van der Waals surface area contributed by atoms with Crippen molar-refractivity contribution >= 4 is 23.3 Å². The first-order valence-corrected chi connectivity index (χ1v) is 6.22. The molecule has 8 nitrogen and oxygen atoms in total. The predicted molar refractivity (Wildman–Crippen MR) is 68.7 cm³/mol. The van der Waals surface area contributed by atoms with Gasteiger partial charge in [0, 0.05) is 6.92 Å². The van der Waals surface area contributed by atoms with Crippen molar-refractivity contribution in [1.82, 2.24) is 5.32 Å². The summed E-state index contributed by atoms with van der Waals surface area (Å²) in [6.45, 7) is 4.90. The van der Waals surface area contributed by atoms with E-state index in [1.54, 1.807) is 0 Å². The molecule has 1 heterocycles. The molecule has 1 saturated heterocycles. The lowest BCUT2D eigenvalue weighted by molar-refractivity contribution is -0.231. The van der Waals surface area contributed by atoms with E-state index in [9.17, 15) is 29.4 Å². The van der Waals surface area contributed by atoms with Gasteiger partial charge in [0.2, 0.25) is 5.91 Å². The summed E-state index contributed by atoms with van der Waals surface area (Å²) in [6, 6.07) is -1.48. The van der Waals surface area contributed by atoms with Crippen LogP contribution in [0.4, 0.5) is 0 Å². The predicted octanol–water partition coefficient (Wildman–Crippen LogP) is -1.72. The van der Waals surface area contributed by atoms with Gasteiger partial charge in [-0.3, -0.25) is 19.2 Å². The van der Waals surface area contributed by atoms with Gasteiger partial charge in [0.25, 0.3) is 0 Å². The first kappa shape index (κ1) is 17.4. The van der Waals surface area contributed by atoms with Gasteiger partial charge in [-0.05, 0) is 20.8 Å². The molecule has 0 aromatic rings. The van der Waals surface area contributed by atoms with Gasteiger partial charge >= 0.3 is 0 Å². The van der Waals surface area contributed by atoms with E-state index in [2.05, 4.69) is 5.32 Å². The lowest BCUT2D eigenvalue weighted by Crippen LogP contribution is -2.79. The highest BCUT2D eigenvalue weighted by Gasteiger charge is 2.69. The fourth-order valence-corrected chi connectivity index (χ4v) is 2.48. The molecule has 1 fully saturated rings. The highest BCUT2D eigenvalue weighted by Crippen LogP contribution is 2.39. The number of carbonyl (C=O) groups excluding carboxylic acids is 4. The summed E-state index contributed by atoms with van der Waals surface area (Å²) < 4.78 is 5.00. The second kappa shape index (κ2) is 5.63. The third-order valence-corrected chi connectivity index (χ3v) is 3.56. The first-order chi connectivity index (χ1) is 9.49. The summed E-state index contributed by atoms with van der Waals surface area (Å²) in [7, 11) is 0. The summed E-state index contributed by atoms with van der Waals surface area (Å²) in [5.41, 5.74) is -5.51. The fraction of sp³-hybridized carbons (Fsp3) is 0.615. The van der Waals surface area contributed by atoms with Crippen molar-refractivity contribution in [2.45, 2.75) is 51.0 Å². The molecule has 1 aliphatic heterocycles. The maximum atomic E-state index is 11.9. The second-order valence-corrected chi connectivity index (χ2v) is 5.09. The van der Waals surface area contributed by atoms with E-state index >= 15 is 0 Å². The number of carbonyl (C=O) groups is 4. The van der Waals surface area contributed by atoms with Gasteiger partial charge in [-0.2, -0.15) is 0 Å². The molecule has 0 aliphatic carbocycles. The quantitative estimate of drug-likeness (QED) is 0.563. The minimum atomic E-state index is -2.80. The van der Waals surface area contributed by atoms with Crippen molar-refractivity contribution in [2.75, 3.05) is 0 Å². The van der Waals surface area contributed by atoms with Crippen LogP contribution in [0.25, 0.3) is 0 Å². The Balaban J connectivity index is 3.50. The van der Waals surface area contributed by atoms with Crippen molar-refractivity contribution in [3.8, 4) is 0 Å². The number of ether oxygens (including phenoxy) is 1. The van der Waals surface area contributed by atoms with Crippen molar-refractivity contribution in [3.05, 3.63) is 6.61 Å². The zero-order chi connectivity index (χ0) is 16.6. The van der Waals surface area contributed by atoms with Gasteiger partial charge in [-0.1, -0.05) is 0 Å². The van der Waals surface area contributed by atoms with Gasteiger partial charge in [0.15, 0.2) is 34.7 Å². The van der Waals surface area contributed by atoms with E-state index in [-0.39, 0.29) is 0 Å². The topological polar surface area (TPSA) is 130 Å². The molecule has 0 aromatic carbocycles. The molecule has 1 rings (SSSR count). The van der Waals surface area contributed by atoms with Crippen molar-refractivity contribution < 1.29 is 34.1 Å². The lowest BCUT2D eigenvalue weighted by atomic mass is 9.67. The molecular weight excluding hydrogens is 282 g/mol. The molecule has 21 heavy (non-hydrogen) atoms. The van der Waals surface area contributed by atoms with Crippen molar-refractivity contribution in [3.63, 3.8) is 0 Å². The standard InChI is InChI=1S/C13H18NO7/c1-6(15)11-13(20,8(3)17)12(19,7(2)16)10(5-21-11)14-9(4)18/h5,10-11,19-20H,1-4H3,(H,14,18)/t10-,11?,12-,13-/m1/s1. The number of hydrogen-bond donors (Lipinski definition) is 3. The minimum absolute atomic E-state index is 0.619. The van der Waals surface area contributed by atoms with E-state index in [1.807, 2.05) is 0 Å². The molecule has 8 heteroatoms. The number of Topliss-reactive ketones (excluding diaryl/α,β-unsaturated/α-hetero) is 3. The monoisotopic (exact) mass is 300 g/mol. The Morgan fingerprint density at radius 3 is 1.81 bits per heavy atom. The van der Waals surface area contributed by atoms with Crippen molar-refractivity contribution in [1.29, 1.82) is 0 Å². The summed E-state index contributed by atoms with van der Waals surface area (Å²) in [6.07, 6.45) is -1.74. The van der Waals surface area contributed by atoms with Crippen LogP contribution in [0.2, 0.25) is 0 Å². The van der Waals surface area contributed by atoms with Gasteiger partial charge in [-0.15, -0.1) is 0 Å². The summed E-state index contributed by atoms with van der Waals surface area (Å²) >= 11 is 0. The lowest BCUT2D eigenvalue weighted by Gasteiger charge is -2.50. The normalized spacial score (nSPS) is 35.9. The first-order valence-electron chi connectivity index (χ1n) is 6.22. The Morgan fingerprint density at radius 1 is 1.00 bits per heavy atom. The summed E-state index contributed by atoms with van der Waals surface area (Å²) in [5, 5.41) is 23.5. The van der Waals surface area contributed by atoms with Gasteiger partial charge in [-0.25, -0.2) is 0 Å². The molecule has 0 aromatic heterocycles. The maximum Gasteiger partial charge on any atom is 0.217 e. The Morgan fingerprint density at radius 2 is 1.48 bits per heavy atom. The third kappa shape index (κ3) is 2.50. The molecule has 1 aliphatic rings. The third-order valence-electron chi connectivity index (χ3n) is 3.56. The Kier molecular flexibility index (Phi) is 4.66.